The molecular formula is C24H22N6O3S. The van der Waals surface area contributed by atoms with Crippen molar-refractivity contribution >= 4 is 40.6 Å². The van der Waals surface area contributed by atoms with E-state index in [1.165, 1.54) is 16.7 Å². The smallest absolute Gasteiger partial charge is 0.327 e. The second-order valence-electron chi connectivity index (χ2n) is 7.92. The highest BCUT2D eigenvalue weighted by Crippen LogP contribution is 2.24. The lowest BCUT2D eigenvalue weighted by molar-refractivity contribution is 0.0655. The van der Waals surface area contributed by atoms with Crippen molar-refractivity contribution in [3.63, 3.8) is 0 Å². The van der Waals surface area contributed by atoms with E-state index < -0.39 is 0 Å². The summed E-state index contributed by atoms with van der Waals surface area (Å²) in [4.78, 5) is 50.4. The van der Waals surface area contributed by atoms with E-state index in [9.17, 15) is 14.4 Å². The fraction of sp³-hybridized carbons (Fsp3) is 0.208. The number of benzene rings is 2. The van der Waals surface area contributed by atoms with Crippen LogP contribution < -0.4 is 11.4 Å². The number of H-pyrrole nitrogens is 1. The third kappa shape index (κ3) is 4.08. The van der Waals surface area contributed by atoms with E-state index >= 15 is 0 Å². The highest BCUT2D eigenvalue weighted by Gasteiger charge is 2.34. The standard InChI is InChI=1S/C24H22N6O3S/c25-19-18-20(29(24(33)26-18)13-11-15-7-2-1-3-8-15)28-23(27-19)34-14-6-12-30-21(31)16-9-4-5-10-17(16)22(30)32/h1-5,7-10H,6,11-14H2,(H,26,33)(H2,25,27,28). The lowest BCUT2D eigenvalue weighted by atomic mass is 10.1. The number of carbonyl (C=O) groups is 2. The number of thioether (sulfide) groups is 1. The van der Waals surface area contributed by atoms with Gasteiger partial charge in [0.2, 0.25) is 0 Å². The van der Waals surface area contributed by atoms with Gasteiger partial charge >= 0.3 is 5.69 Å². The number of hydrogen-bond acceptors (Lipinski definition) is 7. The summed E-state index contributed by atoms with van der Waals surface area (Å²) in [6, 6.07) is 16.7. The zero-order chi connectivity index (χ0) is 23.7. The molecule has 1 aliphatic heterocycles. The highest BCUT2D eigenvalue weighted by atomic mass is 32.2. The lowest BCUT2D eigenvalue weighted by Gasteiger charge is -2.13. The molecule has 3 N–H and O–H groups in total. The maximum absolute atomic E-state index is 12.5. The normalized spacial score (nSPS) is 13.1. The van der Waals surface area contributed by atoms with E-state index in [1.807, 2.05) is 30.3 Å². The van der Waals surface area contributed by atoms with E-state index in [2.05, 4.69) is 15.0 Å². The van der Waals surface area contributed by atoms with Gasteiger partial charge in [0.25, 0.3) is 11.8 Å². The fourth-order valence-corrected chi connectivity index (χ4v) is 4.79. The fourth-order valence-electron chi connectivity index (χ4n) is 4.02. The number of fused-ring (bicyclic) bond motifs is 2. The number of imide groups is 1. The minimum Gasteiger partial charge on any atom is -0.382 e. The number of imidazole rings is 1. The first-order chi connectivity index (χ1) is 16.5. The first kappa shape index (κ1) is 21.9. The van der Waals surface area contributed by atoms with E-state index in [4.69, 9.17) is 5.73 Å². The van der Waals surface area contributed by atoms with Gasteiger partial charge in [-0.05, 0) is 30.5 Å². The Morgan fingerprint density at radius 3 is 2.26 bits per heavy atom. The van der Waals surface area contributed by atoms with E-state index in [0.29, 0.717) is 59.1 Å². The molecule has 2 aromatic carbocycles. The predicted molar refractivity (Wildman–Crippen MR) is 130 cm³/mol. The molecule has 0 fully saturated rings. The van der Waals surface area contributed by atoms with Gasteiger partial charge in [-0.2, -0.15) is 0 Å². The molecule has 10 heteroatoms. The summed E-state index contributed by atoms with van der Waals surface area (Å²) in [7, 11) is 0. The number of nitrogens with zero attached hydrogens (tertiary/aromatic N) is 4. The van der Waals surface area contributed by atoms with Gasteiger partial charge in [-0.1, -0.05) is 54.2 Å². The average Bonchev–Trinajstić information content (AvgIpc) is 3.30. The Balaban J connectivity index is 1.25. The Morgan fingerprint density at radius 1 is 0.882 bits per heavy atom. The third-order valence-electron chi connectivity index (χ3n) is 5.73. The van der Waals surface area contributed by atoms with Crippen LogP contribution in [0.5, 0.6) is 0 Å². The highest BCUT2D eigenvalue weighted by molar-refractivity contribution is 7.99. The molecule has 3 heterocycles. The second kappa shape index (κ2) is 9.14. The SMILES string of the molecule is Nc1nc(SCCCN2C(=O)c3ccccc3C2=O)nc2c1[nH]c(=O)n2CCc1ccccc1. The number of anilines is 1. The Morgan fingerprint density at radius 2 is 1.56 bits per heavy atom. The molecule has 172 valence electrons. The summed E-state index contributed by atoms with van der Waals surface area (Å²) in [5.41, 5.74) is 8.72. The number of hydrogen-bond donors (Lipinski definition) is 2. The molecule has 0 saturated carbocycles. The number of nitrogens with two attached hydrogens (primary N) is 1. The van der Waals surface area contributed by atoms with Crippen molar-refractivity contribution in [2.24, 2.45) is 0 Å². The van der Waals surface area contributed by atoms with Crippen LogP contribution in [0, 0.1) is 0 Å². The number of amides is 2. The molecule has 0 saturated heterocycles. The molecule has 2 amide bonds. The van der Waals surface area contributed by atoms with E-state index in [-0.39, 0.29) is 23.3 Å². The number of aromatic nitrogens is 4. The van der Waals surface area contributed by atoms with Crippen LogP contribution >= 0.6 is 11.8 Å². The van der Waals surface area contributed by atoms with Crippen molar-refractivity contribution in [3.8, 4) is 0 Å². The van der Waals surface area contributed by atoms with Gasteiger partial charge in [0, 0.05) is 18.8 Å². The number of rotatable bonds is 8. The van der Waals surface area contributed by atoms with Gasteiger partial charge in [0.1, 0.15) is 5.52 Å². The lowest BCUT2D eigenvalue weighted by Crippen LogP contribution is -2.31. The summed E-state index contributed by atoms with van der Waals surface area (Å²) in [5, 5.41) is 0.444. The number of nitrogen functional groups attached to an aromatic ring is 1. The Bertz CT molecular complexity index is 1410. The zero-order valence-electron chi connectivity index (χ0n) is 18.2. The average molecular weight is 475 g/mol. The van der Waals surface area contributed by atoms with Crippen molar-refractivity contribution in [2.75, 3.05) is 18.0 Å². The van der Waals surface area contributed by atoms with Gasteiger partial charge in [-0.3, -0.25) is 19.1 Å². The first-order valence-corrected chi connectivity index (χ1v) is 11.9. The van der Waals surface area contributed by atoms with Gasteiger partial charge < -0.3 is 10.7 Å². The minimum absolute atomic E-state index is 0.211. The third-order valence-corrected chi connectivity index (χ3v) is 6.67. The molecular weight excluding hydrogens is 452 g/mol. The zero-order valence-corrected chi connectivity index (χ0v) is 19.0. The number of carbonyl (C=O) groups excluding carboxylic acids is 2. The molecule has 0 bridgehead atoms. The Labute approximate surface area is 199 Å². The van der Waals surface area contributed by atoms with Crippen molar-refractivity contribution in [1.29, 1.82) is 0 Å². The molecule has 0 atom stereocenters. The molecule has 0 aliphatic carbocycles. The molecule has 4 aromatic rings. The largest absolute Gasteiger partial charge is 0.382 e. The molecule has 34 heavy (non-hydrogen) atoms. The van der Waals surface area contributed by atoms with Crippen LogP contribution in [-0.4, -0.2) is 48.5 Å². The predicted octanol–water partition coefficient (Wildman–Crippen LogP) is 2.72. The molecule has 1 aliphatic rings. The first-order valence-electron chi connectivity index (χ1n) is 10.9. The van der Waals surface area contributed by atoms with Crippen molar-refractivity contribution in [2.45, 2.75) is 24.5 Å². The van der Waals surface area contributed by atoms with Crippen LogP contribution in [0.15, 0.2) is 64.5 Å². The number of nitrogens with one attached hydrogen (secondary N) is 1. The molecule has 0 radical (unpaired) electrons. The number of aromatic amines is 1. The van der Waals surface area contributed by atoms with Gasteiger partial charge in [-0.25, -0.2) is 14.8 Å². The maximum atomic E-state index is 12.5. The molecule has 0 spiro atoms. The molecule has 9 nitrogen and oxygen atoms in total. The van der Waals surface area contributed by atoms with Crippen LogP contribution in [0.25, 0.3) is 11.2 Å². The summed E-state index contributed by atoms with van der Waals surface area (Å²) in [5.74, 6) is 0.268. The van der Waals surface area contributed by atoms with Crippen LogP contribution in [-0.2, 0) is 13.0 Å². The Kier molecular flexibility index (Phi) is 5.89. The van der Waals surface area contributed by atoms with Gasteiger partial charge in [0.05, 0.1) is 11.1 Å². The quantitative estimate of drug-likeness (QED) is 0.174. The maximum Gasteiger partial charge on any atom is 0.327 e. The van der Waals surface area contributed by atoms with Crippen molar-refractivity contribution in [3.05, 3.63) is 81.8 Å². The van der Waals surface area contributed by atoms with Crippen LogP contribution in [0.3, 0.4) is 0 Å². The van der Waals surface area contributed by atoms with Crippen LogP contribution in [0.4, 0.5) is 5.82 Å². The van der Waals surface area contributed by atoms with Gasteiger partial charge in [-0.15, -0.1) is 0 Å². The van der Waals surface area contributed by atoms with Crippen LogP contribution in [0.1, 0.15) is 32.7 Å². The second-order valence-corrected chi connectivity index (χ2v) is 8.98. The van der Waals surface area contributed by atoms with Crippen molar-refractivity contribution in [1.82, 2.24) is 24.4 Å². The summed E-state index contributed by atoms with van der Waals surface area (Å²) in [6.45, 7) is 0.770. The molecule has 0 unspecified atom stereocenters. The topological polar surface area (TPSA) is 127 Å². The molecule has 2 aromatic heterocycles. The monoisotopic (exact) mass is 474 g/mol. The van der Waals surface area contributed by atoms with Crippen molar-refractivity contribution < 1.29 is 9.59 Å². The summed E-state index contributed by atoms with van der Waals surface area (Å²) >= 11 is 1.37. The van der Waals surface area contributed by atoms with E-state index in [1.54, 1.807) is 28.8 Å². The van der Waals surface area contributed by atoms with E-state index in [0.717, 1.165) is 5.56 Å². The Hall–Kier alpha value is -3.92. The van der Waals surface area contributed by atoms with Gasteiger partial charge in [0.15, 0.2) is 16.6 Å². The summed E-state index contributed by atoms with van der Waals surface area (Å²) in [6.07, 6.45) is 1.26. The summed E-state index contributed by atoms with van der Waals surface area (Å²) < 4.78 is 1.57. The minimum atomic E-state index is -0.278. The van der Waals surface area contributed by atoms with Crippen LogP contribution in [0.2, 0.25) is 0 Å². The molecule has 5 rings (SSSR count). The number of aryl methyl sites for hydroxylation is 2.